The highest BCUT2D eigenvalue weighted by Gasteiger charge is 2.34. The molecule has 0 bridgehead atoms. The molecule has 21 heavy (non-hydrogen) atoms. The van der Waals surface area contributed by atoms with Gasteiger partial charge in [0.2, 0.25) is 0 Å². The van der Waals surface area contributed by atoms with Crippen LogP contribution in [0.2, 0.25) is 0 Å². The van der Waals surface area contributed by atoms with Crippen molar-refractivity contribution in [1.82, 2.24) is 4.90 Å². The number of hydrogen-bond acceptors (Lipinski definition) is 3. The third-order valence-electron chi connectivity index (χ3n) is 4.51. The molecule has 0 radical (unpaired) electrons. The summed E-state index contributed by atoms with van der Waals surface area (Å²) in [4.78, 5) is 2.39. The van der Waals surface area contributed by atoms with Gasteiger partial charge in [-0.05, 0) is 50.4 Å². The SMILES string of the molecule is CN(Cc1cccc(OC2CCCC2)c1)CC1(C)COC1. The molecule has 0 aromatic heterocycles. The molecule has 1 aliphatic carbocycles. The van der Waals surface area contributed by atoms with Crippen LogP contribution in [0, 0.1) is 5.41 Å². The molecule has 0 spiro atoms. The van der Waals surface area contributed by atoms with Gasteiger partial charge in [0, 0.05) is 18.5 Å². The van der Waals surface area contributed by atoms with E-state index in [0.29, 0.717) is 11.5 Å². The summed E-state index contributed by atoms with van der Waals surface area (Å²) in [5.41, 5.74) is 1.67. The van der Waals surface area contributed by atoms with Crippen LogP contribution in [-0.4, -0.2) is 37.8 Å². The average molecular weight is 289 g/mol. The van der Waals surface area contributed by atoms with Gasteiger partial charge in [0.15, 0.2) is 0 Å². The lowest BCUT2D eigenvalue weighted by atomic mass is 9.88. The Morgan fingerprint density at radius 3 is 2.71 bits per heavy atom. The molecule has 1 aromatic carbocycles. The van der Waals surface area contributed by atoms with Gasteiger partial charge in [0.1, 0.15) is 5.75 Å². The minimum absolute atomic E-state index is 0.340. The molecule has 3 rings (SSSR count). The smallest absolute Gasteiger partial charge is 0.120 e. The molecule has 0 unspecified atom stereocenters. The summed E-state index contributed by atoms with van der Waals surface area (Å²) in [7, 11) is 2.19. The van der Waals surface area contributed by atoms with Crippen LogP contribution in [0.15, 0.2) is 24.3 Å². The Hall–Kier alpha value is -1.06. The van der Waals surface area contributed by atoms with Crippen LogP contribution in [-0.2, 0) is 11.3 Å². The van der Waals surface area contributed by atoms with Gasteiger partial charge in [-0.1, -0.05) is 19.1 Å². The van der Waals surface area contributed by atoms with E-state index < -0.39 is 0 Å². The third-order valence-corrected chi connectivity index (χ3v) is 4.51. The maximum absolute atomic E-state index is 6.09. The van der Waals surface area contributed by atoms with Crippen molar-refractivity contribution in [2.45, 2.75) is 45.3 Å². The highest BCUT2D eigenvalue weighted by molar-refractivity contribution is 5.28. The highest BCUT2D eigenvalue weighted by atomic mass is 16.5. The lowest BCUT2D eigenvalue weighted by molar-refractivity contribution is -0.113. The van der Waals surface area contributed by atoms with E-state index in [1.807, 2.05) is 0 Å². The first-order valence-electron chi connectivity index (χ1n) is 8.15. The maximum atomic E-state index is 6.09. The molecule has 2 aliphatic rings. The van der Waals surface area contributed by atoms with Crippen LogP contribution in [0.1, 0.15) is 38.2 Å². The Kier molecular flexibility index (Phi) is 4.51. The molecule has 1 aromatic rings. The van der Waals surface area contributed by atoms with Crippen LogP contribution in [0.25, 0.3) is 0 Å². The zero-order valence-electron chi connectivity index (χ0n) is 13.3. The second-order valence-electron chi connectivity index (χ2n) is 7.15. The quantitative estimate of drug-likeness (QED) is 0.800. The van der Waals surface area contributed by atoms with Crippen LogP contribution in [0.4, 0.5) is 0 Å². The Bertz CT molecular complexity index is 464. The number of hydrogen-bond donors (Lipinski definition) is 0. The van der Waals surface area contributed by atoms with Gasteiger partial charge in [-0.15, -0.1) is 0 Å². The standard InChI is InChI=1S/C18H27NO2/c1-18(13-20-14-18)12-19(2)11-15-6-5-9-17(10-15)21-16-7-3-4-8-16/h5-6,9-10,16H,3-4,7-8,11-14H2,1-2H3. The van der Waals surface area contributed by atoms with E-state index >= 15 is 0 Å². The van der Waals surface area contributed by atoms with Crippen molar-refractivity contribution in [1.29, 1.82) is 0 Å². The number of rotatable bonds is 6. The summed E-state index contributed by atoms with van der Waals surface area (Å²) < 4.78 is 11.4. The van der Waals surface area contributed by atoms with Crippen molar-refractivity contribution >= 4 is 0 Å². The summed E-state index contributed by atoms with van der Waals surface area (Å²) in [6, 6.07) is 8.59. The van der Waals surface area contributed by atoms with Gasteiger partial charge >= 0.3 is 0 Å². The average Bonchev–Trinajstić information content (AvgIpc) is 2.90. The fourth-order valence-corrected chi connectivity index (χ4v) is 3.48. The molecule has 116 valence electrons. The normalized spacial score (nSPS) is 21.5. The summed E-state index contributed by atoms with van der Waals surface area (Å²) in [6.45, 7) is 6.13. The lowest BCUT2D eigenvalue weighted by Gasteiger charge is -2.40. The molecular weight excluding hydrogens is 262 g/mol. The van der Waals surface area contributed by atoms with Crippen molar-refractivity contribution in [2.75, 3.05) is 26.8 Å². The summed E-state index contributed by atoms with van der Waals surface area (Å²) >= 11 is 0. The summed E-state index contributed by atoms with van der Waals surface area (Å²) in [6.07, 6.45) is 5.48. The maximum Gasteiger partial charge on any atom is 0.120 e. The molecule has 3 nitrogen and oxygen atoms in total. The van der Waals surface area contributed by atoms with E-state index in [1.54, 1.807) is 0 Å². The van der Waals surface area contributed by atoms with E-state index in [0.717, 1.165) is 32.1 Å². The predicted octanol–water partition coefficient (Wildman–Crippen LogP) is 3.48. The van der Waals surface area contributed by atoms with E-state index in [4.69, 9.17) is 9.47 Å². The lowest BCUT2D eigenvalue weighted by Crippen LogP contribution is -2.47. The van der Waals surface area contributed by atoms with Crippen molar-refractivity contribution in [3.63, 3.8) is 0 Å². The summed E-state index contributed by atoms with van der Waals surface area (Å²) in [5, 5.41) is 0. The van der Waals surface area contributed by atoms with E-state index in [9.17, 15) is 0 Å². The highest BCUT2D eigenvalue weighted by Crippen LogP contribution is 2.28. The monoisotopic (exact) mass is 289 g/mol. The zero-order chi connectivity index (χ0) is 14.7. The van der Waals surface area contributed by atoms with E-state index in [2.05, 4.69) is 43.1 Å². The number of ether oxygens (including phenoxy) is 2. The minimum atomic E-state index is 0.340. The van der Waals surface area contributed by atoms with E-state index in [1.165, 1.54) is 31.2 Å². The molecule has 3 heteroatoms. The van der Waals surface area contributed by atoms with Crippen LogP contribution in [0.3, 0.4) is 0 Å². The molecule has 0 N–H and O–H groups in total. The molecule has 1 saturated carbocycles. The van der Waals surface area contributed by atoms with Gasteiger partial charge in [-0.3, -0.25) is 0 Å². The molecule has 0 atom stereocenters. The Labute approximate surface area is 128 Å². The summed E-state index contributed by atoms with van der Waals surface area (Å²) in [5.74, 6) is 1.03. The van der Waals surface area contributed by atoms with Crippen LogP contribution < -0.4 is 4.74 Å². The second-order valence-corrected chi connectivity index (χ2v) is 7.15. The van der Waals surface area contributed by atoms with Crippen molar-refractivity contribution < 1.29 is 9.47 Å². The molecular formula is C18H27NO2. The predicted molar refractivity (Wildman–Crippen MR) is 84.6 cm³/mol. The first-order valence-corrected chi connectivity index (χ1v) is 8.15. The van der Waals surface area contributed by atoms with Crippen LogP contribution >= 0.6 is 0 Å². The van der Waals surface area contributed by atoms with Gasteiger partial charge in [-0.25, -0.2) is 0 Å². The van der Waals surface area contributed by atoms with Crippen LogP contribution in [0.5, 0.6) is 5.75 Å². The fourth-order valence-electron chi connectivity index (χ4n) is 3.48. The van der Waals surface area contributed by atoms with Gasteiger partial charge in [0.25, 0.3) is 0 Å². The van der Waals surface area contributed by atoms with Crippen molar-refractivity contribution in [2.24, 2.45) is 5.41 Å². The second kappa shape index (κ2) is 6.37. The molecule has 1 heterocycles. The minimum Gasteiger partial charge on any atom is -0.490 e. The zero-order valence-corrected chi connectivity index (χ0v) is 13.3. The van der Waals surface area contributed by atoms with Gasteiger partial charge in [0.05, 0.1) is 19.3 Å². The Balaban J connectivity index is 1.54. The topological polar surface area (TPSA) is 21.7 Å². The molecule has 0 amide bonds. The number of benzene rings is 1. The molecule has 1 aliphatic heterocycles. The van der Waals surface area contributed by atoms with Crippen molar-refractivity contribution in [3.8, 4) is 5.75 Å². The Morgan fingerprint density at radius 2 is 2.05 bits per heavy atom. The first kappa shape index (κ1) is 14.9. The fraction of sp³-hybridized carbons (Fsp3) is 0.667. The largest absolute Gasteiger partial charge is 0.490 e. The van der Waals surface area contributed by atoms with E-state index in [-0.39, 0.29) is 0 Å². The van der Waals surface area contributed by atoms with Gasteiger partial charge < -0.3 is 14.4 Å². The Morgan fingerprint density at radius 1 is 1.29 bits per heavy atom. The van der Waals surface area contributed by atoms with Crippen molar-refractivity contribution in [3.05, 3.63) is 29.8 Å². The number of nitrogens with zero attached hydrogens (tertiary/aromatic N) is 1. The first-order chi connectivity index (χ1) is 10.1. The molecule has 2 fully saturated rings. The van der Waals surface area contributed by atoms with Gasteiger partial charge in [-0.2, -0.15) is 0 Å². The molecule has 1 saturated heterocycles. The third kappa shape index (κ3) is 3.98.